The highest BCUT2D eigenvalue weighted by molar-refractivity contribution is 7.91. The van der Waals surface area contributed by atoms with E-state index in [9.17, 15) is 16.8 Å². The minimum atomic E-state index is -3.78. The van der Waals surface area contributed by atoms with Gasteiger partial charge in [0.1, 0.15) is 4.90 Å². The van der Waals surface area contributed by atoms with E-state index in [2.05, 4.69) is 4.98 Å². The molecule has 0 radical (unpaired) electrons. The van der Waals surface area contributed by atoms with Gasteiger partial charge < -0.3 is 5.73 Å². The van der Waals surface area contributed by atoms with Gasteiger partial charge in [-0.25, -0.2) is 16.8 Å². The van der Waals surface area contributed by atoms with Crippen LogP contribution in [-0.2, 0) is 19.9 Å². The topological polar surface area (TPSA) is 110 Å². The van der Waals surface area contributed by atoms with Crippen LogP contribution in [-0.4, -0.2) is 50.7 Å². The highest BCUT2D eigenvalue weighted by Gasteiger charge is 2.30. The molecule has 0 aliphatic carbocycles. The first-order valence-corrected chi connectivity index (χ1v) is 8.99. The average Bonchev–Trinajstić information content (AvgIpc) is 2.51. The summed E-state index contributed by atoms with van der Waals surface area (Å²) >= 11 is 0. The standard InChI is InChI=1S/C10H15N3O4S2/c11-9-2-3-12-8-10(9)19(16,17)13-4-1-6-18(14,15)7-5-13/h2-3,8H,1,4-7H2,(H2,11,12). The van der Waals surface area contributed by atoms with Gasteiger partial charge in [-0.2, -0.15) is 4.31 Å². The second-order valence-corrected chi connectivity index (χ2v) is 8.53. The van der Waals surface area contributed by atoms with Gasteiger partial charge in [0.05, 0.1) is 17.2 Å². The van der Waals surface area contributed by atoms with E-state index >= 15 is 0 Å². The zero-order valence-corrected chi connectivity index (χ0v) is 11.8. The van der Waals surface area contributed by atoms with E-state index in [1.54, 1.807) is 0 Å². The molecule has 0 atom stereocenters. The van der Waals surface area contributed by atoms with Crippen molar-refractivity contribution < 1.29 is 16.8 Å². The Morgan fingerprint density at radius 1 is 1.26 bits per heavy atom. The van der Waals surface area contributed by atoms with Gasteiger partial charge in [-0.05, 0) is 12.5 Å². The molecule has 0 unspecified atom stereocenters. The predicted molar refractivity (Wildman–Crippen MR) is 70.7 cm³/mol. The molecular formula is C10H15N3O4S2. The normalized spacial score (nSPS) is 20.8. The molecule has 0 bridgehead atoms. The molecule has 19 heavy (non-hydrogen) atoms. The van der Waals surface area contributed by atoms with Gasteiger partial charge in [-0.15, -0.1) is 0 Å². The van der Waals surface area contributed by atoms with E-state index in [-0.39, 0.29) is 35.2 Å². The molecule has 2 N–H and O–H groups in total. The van der Waals surface area contributed by atoms with Gasteiger partial charge in [-0.3, -0.25) is 4.98 Å². The molecule has 0 spiro atoms. The summed E-state index contributed by atoms with van der Waals surface area (Å²) in [6.45, 7) is 0.134. The third kappa shape index (κ3) is 3.04. The Hall–Kier alpha value is -1.19. The van der Waals surface area contributed by atoms with Crippen molar-refractivity contribution in [1.29, 1.82) is 0 Å². The van der Waals surface area contributed by atoms with Crippen LogP contribution in [0.2, 0.25) is 0 Å². The van der Waals surface area contributed by atoms with Gasteiger partial charge in [0, 0.05) is 25.5 Å². The van der Waals surface area contributed by atoms with Crippen LogP contribution in [0.5, 0.6) is 0 Å². The molecule has 1 aliphatic heterocycles. The zero-order chi connectivity index (χ0) is 14.1. The van der Waals surface area contributed by atoms with Crippen molar-refractivity contribution in [3.05, 3.63) is 18.5 Å². The summed E-state index contributed by atoms with van der Waals surface area (Å²) < 4.78 is 48.9. The van der Waals surface area contributed by atoms with E-state index in [0.29, 0.717) is 6.42 Å². The number of nitrogens with two attached hydrogens (primary N) is 1. The van der Waals surface area contributed by atoms with Crippen LogP contribution < -0.4 is 5.73 Å². The molecular weight excluding hydrogens is 290 g/mol. The number of sulfone groups is 1. The largest absolute Gasteiger partial charge is 0.398 e. The lowest BCUT2D eigenvalue weighted by molar-refractivity contribution is 0.435. The zero-order valence-electron chi connectivity index (χ0n) is 10.2. The quantitative estimate of drug-likeness (QED) is 0.786. The van der Waals surface area contributed by atoms with Gasteiger partial charge in [0.25, 0.3) is 0 Å². The molecule has 2 rings (SSSR count). The monoisotopic (exact) mass is 305 g/mol. The first-order valence-electron chi connectivity index (χ1n) is 5.73. The lowest BCUT2D eigenvalue weighted by Gasteiger charge is -2.19. The number of rotatable bonds is 2. The predicted octanol–water partition coefficient (Wildman–Crippen LogP) is -0.527. The maximum Gasteiger partial charge on any atom is 0.246 e. The van der Waals surface area contributed by atoms with E-state index in [1.165, 1.54) is 18.5 Å². The molecule has 2 heterocycles. The Morgan fingerprint density at radius 2 is 2.00 bits per heavy atom. The SMILES string of the molecule is Nc1ccncc1S(=O)(=O)N1CCCS(=O)(=O)CC1. The summed E-state index contributed by atoms with van der Waals surface area (Å²) in [7, 11) is -6.94. The van der Waals surface area contributed by atoms with Crippen LogP contribution in [0.4, 0.5) is 5.69 Å². The Morgan fingerprint density at radius 3 is 2.68 bits per heavy atom. The Kier molecular flexibility index (Phi) is 3.79. The molecule has 0 saturated carbocycles. The summed E-state index contributed by atoms with van der Waals surface area (Å²) in [4.78, 5) is 3.68. The average molecular weight is 305 g/mol. The highest BCUT2D eigenvalue weighted by atomic mass is 32.2. The fourth-order valence-electron chi connectivity index (χ4n) is 1.90. The number of hydrogen-bond acceptors (Lipinski definition) is 6. The van der Waals surface area contributed by atoms with Gasteiger partial charge >= 0.3 is 0 Å². The van der Waals surface area contributed by atoms with E-state index in [1.807, 2.05) is 0 Å². The maximum atomic E-state index is 12.4. The van der Waals surface area contributed by atoms with Crippen molar-refractivity contribution >= 4 is 25.5 Å². The number of pyridine rings is 1. The molecule has 9 heteroatoms. The number of nitrogen functional groups attached to an aromatic ring is 1. The summed E-state index contributed by atoms with van der Waals surface area (Å²) in [6.07, 6.45) is 2.88. The van der Waals surface area contributed by atoms with Crippen LogP contribution in [0.15, 0.2) is 23.4 Å². The van der Waals surface area contributed by atoms with Crippen LogP contribution in [0.25, 0.3) is 0 Å². The molecule has 1 aromatic rings. The fraction of sp³-hybridized carbons (Fsp3) is 0.500. The second kappa shape index (κ2) is 5.06. The van der Waals surface area contributed by atoms with Gasteiger partial charge in [-0.1, -0.05) is 0 Å². The molecule has 0 amide bonds. The van der Waals surface area contributed by atoms with Crippen molar-refractivity contribution in [3.8, 4) is 0 Å². The number of nitrogens with zero attached hydrogens (tertiary/aromatic N) is 2. The smallest absolute Gasteiger partial charge is 0.246 e. The molecule has 7 nitrogen and oxygen atoms in total. The number of hydrogen-bond donors (Lipinski definition) is 1. The Labute approximate surface area is 112 Å². The molecule has 1 fully saturated rings. The number of sulfonamides is 1. The summed E-state index contributed by atoms with van der Waals surface area (Å²) in [6, 6.07) is 1.40. The minimum Gasteiger partial charge on any atom is -0.398 e. The van der Waals surface area contributed by atoms with Crippen molar-refractivity contribution in [1.82, 2.24) is 9.29 Å². The van der Waals surface area contributed by atoms with Crippen LogP contribution in [0, 0.1) is 0 Å². The lowest BCUT2D eigenvalue weighted by atomic mass is 10.4. The number of anilines is 1. The van der Waals surface area contributed by atoms with Crippen molar-refractivity contribution in [2.75, 3.05) is 30.3 Å². The van der Waals surface area contributed by atoms with Crippen LogP contribution in [0.1, 0.15) is 6.42 Å². The number of aromatic nitrogens is 1. The molecule has 106 valence electrons. The van der Waals surface area contributed by atoms with E-state index in [0.717, 1.165) is 4.31 Å². The Balaban J connectivity index is 2.33. The minimum absolute atomic E-state index is 0.0154. The lowest BCUT2D eigenvalue weighted by Crippen LogP contribution is -2.34. The van der Waals surface area contributed by atoms with Crippen LogP contribution in [0.3, 0.4) is 0 Å². The molecule has 0 aromatic carbocycles. The van der Waals surface area contributed by atoms with Crippen molar-refractivity contribution in [3.63, 3.8) is 0 Å². The van der Waals surface area contributed by atoms with Gasteiger partial charge in [0.15, 0.2) is 9.84 Å². The summed E-state index contributed by atoms with van der Waals surface area (Å²) in [5, 5.41) is 0. The van der Waals surface area contributed by atoms with Crippen molar-refractivity contribution in [2.24, 2.45) is 0 Å². The second-order valence-electron chi connectivity index (χ2n) is 4.32. The van der Waals surface area contributed by atoms with Gasteiger partial charge in [0.2, 0.25) is 10.0 Å². The summed E-state index contributed by atoms with van der Waals surface area (Å²) in [5.74, 6) is -0.145. The first-order chi connectivity index (χ1) is 8.83. The van der Waals surface area contributed by atoms with Crippen LogP contribution >= 0.6 is 0 Å². The summed E-state index contributed by atoms with van der Waals surface area (Å²) in [5.41, 5.74) is 5.75. The highest BCUT2D eigenvalue weighted by Crippen LogP contribution is 2.22. The third-order valence-corrected chi connectivity index (χ3v) is 6.61. The molecule has 1 aromatic heterocycles. The van der Waals surface area contributed by atoms with E-state index < -0.39 is 19.9 Å². The fourth-order valence-corrected chi connectivity index (χ4v) is 4.83. The first kappa shape index (κ1) is 14.2. The molecule has 1 aliphatic rings. The third-order valence-electron chi connectivity index (χ3n) is 2.95. The maximum absolute atomic E-state index is 12.4. The Bertz CT molecular complexity index is 670. The van der Waals surface area contributed by atoms with Crippen molar-refractivity contribution in [2.45, 2.75) is 11.3 Å². The van der Waals surface area contributed by atoms with E-state index in [4.69, 9.17) is 5.73 Å². The molecule has 1 saturated heterocycles.